The Bertz CT molecular complexity index is 474. The predicted molar refractivity (Wildman–Crippen MR) is 71.2 cm³/mol. The number of nitrogens with zero attached hydrogens (tertiary/aromatic N) is 2. The largest absolute Gasteiger partial charge is 0.444 e. The molecule has 0 aromatic heterocycles. The highest BCUT2D eigenvalue weighted by atomic mass is 35.7. The summed E-state index contributed by atoms with van der Waals surface area (Å²) < 4.78 is 29.5. The van der Waals surface area contributed by atoms with Gasteiger partial charge < -0.3 is 9.64 Å². The molecule has 2 unspecified atom stereocenters. The van der Waals surface area contributed by atoms with Crippen LogP contribution in [-0.2, 0) is 14.0 Å². The van der Waals surface area contributed by atoms with Crippen LogP contribution in [0.25, 0.3) is 0 Å². The van der Waals surface area contributed by atoms with E-state index in [2.05, 4.69) is 0 Å². The number of piperidine rings is 2. The summed E-state index contributed by atoms with van der Waals surface area (Å²) in [6.45, 7) is 6.04. The van der Waals surface area contributed by atoms with Crippen LogP contribution in [0, 0.1) is 0 Å². The fourth-order valence-electron chi connectivity index (χ4n) is 2.60. The van der Waals surface area contributed by atoms with Crippen LogP contribution in [0.2, 0.25) is 0 Å². The smallest absolute Gasteiger partial charge is 0.410 e. The topological polar surface area (TPSA) is 66.9 Å². The van der Waals surface area contributed by atoms with Gasteiger partial charge in [0.1, 0.15) is 5.60 Å². The van der Waals surface area contributed by atoms with Gasteiger partial charge in [-0.25, -0.2) is 4.79 Å². The van der Waals surface area contributed by atoms with Crippen molar-refractivity contribution in [3.8, 4) is 0 Å². The lowest BCUT2D eigenvalue weighted by molar-refractivity contribution is -0.0199. The van der Waals surface area contributed by atoms with Crippen molar-refractivity contribution in [2.75, 3.05) is 13.1 Å². The third kappa shape index (κ3) is 3.32. The van der Waals surface area contributed by atoms with Gasteiger partial charge in [-0.15, -0.1) is 0 Å². The third-order valence-corrected chi connectivity index (χ3v) is 4.93. The van der Waals surface area contributed by atoms with Gasteiger partial charge in [-0.3, -0.25) is 0 Å². The Morgan fingerprint density at radius 2 is 1.79 bits per heavy atom. The molecule has 0 radical (unpaired) electrons. The maximum atomic E-state index is 12.1. The third-order valence-electron chi connectivity index (χ3n) is 3.39. The fraction of sp³-hybridized carbons (Fsp3) is 0.909. The molecule has 3 aliphatic heterocycles. The number of halogens is 1. The number of fused-ring (bicyclic) bond motifs is 3. The number of rotatable bonds is 1. The average molecular weight is 311 g/mol. The predicted octanol–water partition coefficient (Wildman–Crippen LogP) is 1.55. The van der Waals surface area contributed by atoms with Crippen molar-refractivity contribution in [2.24, 2.45) is 0 Å². The van der Waals surface area contributed by atoms with Crippen LogP contribution in [0.3, 0.4) is 0 Å². The maximum Gasteiger partial charge on any atom is 0.410 e. The summed E-state index contributed by atoms with van der Waals surface area (Å²) in [5.41, 5.74) is -0.550. The first-order valence-electron chi connectivity index (χ1n) is 6.29. The highest BCUT2D eigenvalue weighted by molar-refractivity contribution is 8.11. The molecule has 2 bridgehead atoms. The van der Waals surface area contributed by atoms with Gasteiger partial charge in [0, 0.05) is 35.9 Å². The highest BCUT2D eigenvalue weighted by Crippen LogP contribution is 2.32. The van der Waals surface area contributed by atoms with Crippen molar-refractivity contribution in [3.63, 3.8) is 0 Å². The van der Waals surface area contributed by atoms with Crippen molar-refractivity contribution >= 4 is 26.0 Å². The van der Waals surface area contributed by atoms with E-state index < -0.39 is 14.8 Å². The van der Waals surface area contributed by atoms with Gasteiger partial charge in [0.2, 0.25) is 0 Å². The molecule has 6 nitrogen and oxygen atoms in total. The van der Waals surface area contributed by atoms with E-state index in [0.29, 0.717) is 6.54 Å². The van der Waals surface area contributed by atoms with Crippen LogP contribution in [0.4, 0.5) is 4.79 Å². The second-order valence-corrected chi connectivity index (χ2v) is 8.49. The van der Waals surface area contributed by atoms with E-state index in [9.17, 15) is 13.2 Å². The molecule has 3 saturated heterocycles. The van der Waals surface area contributed by atoms with Crippen LogP contribution in [-0.4, -0.2) is 54.5 Å². The molecule has 3 rings (SSSR count). The average Bonchev–Trinajstić information content (AvgIpc) is 2.26. The van der Waals surface area contributed by atoms with Crippen LogP contribution in [0.5, 0.6) is 0 Å². The second-order valence-electron chi connectivity index (χ2n) is 6.03. The summed E-state index contributed by atoms with van der Waals surface area (Å²) in [4.78, 5) is 13.7. The van der Waals surface area contributed by atoms with E-state index in [0.717, 1.165) is 12.8 Å². The van der Waals surface area contributed by atoms with Gasteiger partial charge in [-0.2, -0.15) is 12.7 Å². The van der Waals surface area contributed by atoms with Crippen LogP contribution in [0.1, 0.15) is 33.6 Å². The molecule has 0 aromatic rings. The Morgan fingerprint density at radius 1 is 1.21 bits per heavy atom. The Hall–Kier alpha value is -0.530. The van der Waals surface area contributed by atoms with Gasteiger partial charge in [0.15, 0.2) is 0 Å². The van der Waals surface area contributed by atoms with Gasteiger partial charge in [0.25, 0.3) is 9.24 Å². The molecule has 3 aliphatic rings. The molecule has 3 fully saturated rings. The lowest BCUT2D eigenvalue weighted by atomic mass is 9.93. The molecule has 0 N–H and O–H groups in total. The Morgan fingerprint density at radius 3 is 2.21 bits per heavy atom. The first-order chi connectivity index (χ1) is 8.58. The van der Waals surface area contributed by atoms with Crippen molar-refractivity contribution in [1.82, 2.24) is 9.21 Å². The van der Waals surface area contributed by atoms with E-state index in [1.54, 1.807) is 4.90 Å². The van der Waals surface area contributed by atoms with Crippen molar-refractivity contribution in [3.05, 3.63) is 0 Å². The van der Waals surface area contributed by atoms with E-state index in [1.165, 1.54) is 4.31 Å². The van der Waals surface area contributed by atoms with Gasteiger partial charge in [-0.05, 0) is 33.6 Å². The molecule has 110 valence electrons. The lowest BCUT2D eigenvalue weighted by Crippen LogP contribution is -2.64. The Labute approximate surface area is 118 Å². The number of piperazine rings is 1. The minimum absolute atomic E-state index is 0.145. The zero-order valence-corrected chi connectivity index (χ0v) is 12.9. The van der Waals surface area contributed by atoms with E-state index >= 15 is 0 Å². The Balaban J connectivity index is 2.08. The zero-order chi connectivity index (χ0) is 14.4. The summed E-state index contributed by atoms with van der Waals surface area (Å²) in [6.07, 6.45) is 1.14. The zero-order valence-electron chi connectivity index (χ0n) is 11.3. The minimum Gasteiger partial charge on any atom is -0.444 e. The summed E-state index contributed by atoms with van der Waals surface area (Å²) in [5.74, 6) is 0. The number of carbonyl (C=O) groups is 1. The van der Waals surface area contributed by atoms with Crippen molar-refractivity contribution in [2.45, 2.75) is 51.3 Å². The van der Waals surface area contributed by atoms with Gasteiger partial charge >= 0.3 is 6.09 Å². The molecule has 8 heteroatoms. The number of ether oxygens (including phenoxy) is 1. The van der Waals surface area contributed by atoms with Crippen LogP contribution in [0.15, 0.2) is 0 Å². The molecule has 0 saturated carbocycles. The first kappa shape index (κ1) is 14.9. The highest BCUT2D eigenvalue weighted by Gasteiger charge is 2.46. The fourth-order valence-corrected chi connectivity index (χ4v) is 3.99. The molecular formula is C11H19ClN2O4S. The number of carbonyl (C=O) groups excluding carboxylic acids is 1. The molecule has 0 aliphatic carbocycles. The SMILES string of the molecule is CC(C)(C)OC(=O)N1CC2CCC1CN2S(=O)(=O)Cl. The molecule has 1 amide bonds. The second kappa shape index (κ2) is 4.79. The summed E-state index contributed by atoms with van der Waals surface area (Å²) in [5, 5.41) is 0. The van der Waals surface area contributed by atoms with Crippen molar-refractivity contribution < 1.29 is 17.9 Å². The van der Waals surface area contributed by atoms with Crippen LogP contribution < -0.4 is 0 Å². The normalized spacial score (nSPS) is 28.5. The Kier molecular flexibility index (Phi) is 3.75. The molecule has 3 heterocycles. The van der Waals surface area contributed by atoms with E-state index in [4.69, 9.17) is 15.4 Å². The number of hydrogen-bond donors (Lipinski definition) is 0. The molecule has 2 atom stereocenters. The minimum atomic E-state index is -3.71. The van der Waals surface area contributed by atoms with Crippen LogP contribution >= 0.6 is 10.7 Å². The summed E-state index contributed by atoms with van der Waals surface area (Å²) in [6, 6.07) is -0.381. The maximum absolute atomic E-state index is 12.1. The number of amides is 1. The lowest BCUT2D eigenvalue weighted by Gasteiger charge is -2.49. The molecule has 19 heavy (non-hydrogen) atoms. The summed E-state index contributed by atoms with van der Waals surface area (Å²) in [7, 11) is 1.69. The first-order valence-corrected chi connectivity index (χ1v) is 8.55. The molecular weight excluding hydrogens is 292 g/mol. The van der Waals surface area contributed by atoms with Crippen molar-refractivity contribution in [1.29, 1.82) is 0 Å². The standard InChI is InChI=1S/C11H19ClN2O4S/c1-11(2,3)18-10(15)13-6-9-5-4-8(13)7-14(9)19(12,16)17/h8-9H,4-7H2,1-3H3. The van der Waals surface area contributed by atoms with Gasteiger partial charge in [0.05, 0.1) is 0 Å². The number of hydrogen-bond acceptors (Lipinski definition) is 4. The quantitative estimate of drug-likeness (QED) is 0.689. The summed E-state index contributed by atoms with van der Waals surface area (Å²) >= 11 is 0. The molecule has 0 spiro atoms. The van der Waals surface area contributed by atoms with E-state index in [-0.39, 0.29) is 24.7 Å². The monoisotopic (exact) mass is 310 g/mol. The van der Waals surface area contributed by atoms with Gasteiger partial charge in [-0.1, -0.05) is 0 Å². The van der Waals surface area contributed by atoms with E-state index in [1.807, 2.05) is 20.8 Å². The molecule has 0 aromatic carbocycles.